The molecule has 2 rings (SSSR count). The van der Waals surface area contributed by atoms with Crippen LogP contribution in [-0.4, -0.2) is 48.5 Å². The van der Waals surface area contributed by atoms with Crippen LogP contribution < -0.4 is 16.0 Å². The second-order valence-electron chi connectivity index (χ2n) is 8.39. The standard InChI is InChI=1S/C20H35N5O3/c1-13-17(14(2)28-25-13)11-12-22-18(21-6)23-15-7-9-16(10-8-15)24-19(26)27-20(3,4)5/h15-16H,7-12H2,1-6H3,(H,24,26)(H2,21,22,23). The maximum Gasteiger partial charge on any atom is 0.407 e. The predicted molar refractivity (Wildman–Crippen MR) is 110 cm³/mol. The van der Waals surface area contributed by atoms with Gasteiger partial charge < -0.3 is 25.2 Å². The van der Waals surface area contributed by atoms with Gasteiger partial charge in [0.2, 0.25) is 0 Å². The summed E-state index contributed by atoms with van der Waals surface area (Å²) in [7, 11) is 1.78. The van der Waals surface area contributed by atoms with Crippen LogP contribution in [0.2, 0.25) is 0 Å². The summed E-state index contributed by atoms with van der Waals surface area (Å²) in [5, 5.41) is 13.8. The zero-order valence-corrected chi connectivity index (χ0v) is 18.0. The quantitative estimate of drug-likeness (QED) is 0.525. The number of carbonyl (C=O) groups is 1. The van der Waals surface area contributed by atoms with Gasteiger partial charge in [0.15, 0.2) is 5.96 Å². The van der Waals surface area contributed by atoms with E-state index < -0.39 is 5.60 Å². The van der Waals surface area contributed by atoms with E-state index in [1.54, 1.807) is 7.05 Å². The third-order valence-electron chi connectivity index (χ3n) is 4.86. The van der Waals surface area contributed by atoms with Crippen molar-refractivity contribution in [1.82, 2.24) is 21.1 Å². The molecule has 1 fully saturated rings. The van der Waals surface area contributed by atoms with Crippen LogP contribution in [0.1, 0.15) is 63.5 Å². The minimum atomic E-state index is -0.468. The van der Waals surface area contributed by atoms with E-state index in [0.29, 0.717) is 6.04 Å². The molecule has 8 nitrogen and oxygen atoms in total. The van der Waals surface area contributed by atoms with E-state index in [2.05, 4.69) is 26.1 Å². The Hall–Kier alpha value is -2.25. The molecule has 1 aromatic rings. The SMILES string of the molecule is CN=C(NCCc1c(C)noc1C)NC1CCC(NC(=O)OC(C)(C)C)CC1. The zero-order valence-electron chi connectivity index (χ0n) is 18.0. The van der Waals surface area contributed by atoms with Gasteiger partial charge in [0.25, 0.3) is 0 Å². The summed E-state index contributed by atoms with van der Waals surface area (Å²) in [5.41, 5.74) is 1.62. The maximum atomic E-state index is 11.9. The monoisotopic (exact) mass is 393 g/mol. The summed E-state index contributed by atoms with van der Waals surface area (Å²) in [6.45, 7) is 10.3. The molecule has 1 saturated carbocycles. The lowest BCUT2D eigenvalue weighted by Crippen LogP contribution is -2.48. The average Bonchev–Trinajstić information content (AvgIpc) is 2.92. The van der Waals surface area contributed by atoms with Crippen molar-refractivity contribution in [3.8, 4) is 0 Å². The average molecular weight is 394 g/mol. The van der Waals surface area contributed by atoms with Gasteiger partial charge in [-0.05, 0) is 66.7 Å². The summed E-state index contributed by atoms with van der Waals surface area (Å²) in [4.78, 5) is 16.2. The lowest BCUT2D eigenvalue weighted by atomic mass is 9.91. The van der Waals surface area contributed by atoms with Crippen LogP contribution in [0.5, 0.6) is 0 Å². The first-order chi connectivity index (χ1) is 13.2. The molecule has 0 atom stereocenters. The molecule has 1 aliphatic carbocycles. The van der Waals surface area contributed by atoms with Crippen molar-refractivity contribution in [2.24, 2.45) is 4.99 Å². The van der Waals surface area contributed by atoms with Gasteiger partial charge in [-0.25, -0.2) is 4.79 Å². The van der Waals surface area contributed by atoms with Crippen LogP contribution in [0.15, 0.2) is 9.52 Å². The molecule has 0 unspecified atom stereocenters. The topological polar surface area (TPSA) is 101 Å². The van der Waals surface area contributed by atoms with Gasteiger partial charge in [0, 0.05) is 31.2 Å². The van der Waals surface area contributed by atoms with E-state index in [1.807, 2.05) is 34.6 Å². The van der Waals surface area contributed by atoms with Gasteiger partial charge in [-0.2, -0.15) is 0 Å². The van der Waals surface area contributed by atoms with Crippen molar-refractivity contribution in [2.75, 3.05) is 13.6 Å². The lowest BCUT2D eigenvalue weighted by molar-refractivity contribution is 0.0490. The van der Waals surface area contributed by atoms with Gasteiger partial charge in [0.05, 0.1) is 5.69 Å². The van der Waals surface area contributed by atoms with Gasteiger partial charge in [-0.15, -0.1) is 0 Å². The fourth-order valence-corrected chi connectivity index (χ4v) is 3.41. The number of amides is 1. The molecule has 0 aromatic carbocycles. The molecular weight excluding hydrogens is 358 g/mol. The molecule has 0 saturated heterocycles. The number of hydrogen-bond donors (Lipinski definition) is 3. The van der Waals surface area contributed by atoms with Crippen LogP contribution >= 0.6 is 0 Å². The normalized spacial score (nSPS) is 20.6. The molecule has 1 aromatic heterocycles. The molecule has 8 heteroatoms. The molecule has 0 spiro atoms. The van der Waals surface area contributed by atoms with E-state index in [4.69, 9.17) is 9.26 Å². The minimum Gasteiger partial charge on any atom is -0.444 e. The Kier molecular flexibility index (Phi) is 7.71. The molecule has 0 bridgehead atoms. The van der Waals surface area contributed by atoms with E-state index in [9.17, 15) is 4.79 Å². The van der Waals surface area contributed by atoms with Crippen LogP contribution in [0.25, 0.3) is 0 Å². The molecule has 0 radical (unpaired) electrons. The first-order valence-electron chi connectivity index (χ1n) is 10.1. The van der Waals surface area contributed by atoms with Crippen molar-refractivity contribution < 1.29 is 14.1 Å². The molecular formula is C20H35N5O3. The Bertz CT molecular complexity index is 650. The molecule has 1 amide bonds. The molecule has 3 N–H and O–H groups in total. The van der Waals surface area contributed by atoms with Crippen LogP contribution in [0, 0.1) is 13.8 Å². The Labute approximate surface area is 167 Å². The number of carbonyl (C=O) groups excluding carboxylic acids is 1. The minimum absolute atomic E-state index is 0.169. The highest BCUT2D eigenvalue weighted by Crippen LogP contribution is 2.19. The number of aryl methyl sites for hydroxylation is 2. The highest BCUT2D eigenvalue weighted by atomic mass is 16.6. The molecule has 0 aliphatic heterocycles. The maximum absolute atomic E-state index is 11.9. The van der Waals surface area contributed by atoms with E-state index >= 15 is 0 Å². The second kappa shape index (κ2) is 9.80. The number of nitrogens with one attached hydrogen (secondary N) is 3. The fourth-order valence-electron chi connectivity index (χ4n) is 3.41. The largest absolute Gasteiger partial charge is 0.444 e. The predicted octanol–water partition coefficient (Wildman–Crippen LogP) is 2.83. The third-order valence-corrected chi connectivity index (χ3v) is 4.86. The van der Waals surface area contributed by atoms with Crippen molar-refractivity contribution >= 4 is 12.1 Å². The van der Waals surface area contributed by atoms with Crippen LogP contribution in [0.4, 0.5) is 4.79 Å². The molecule has 1 heterocycles. The number of alkyl carbamates (subject to hydrolysis) is 1. The molecule has 1 aliphatic rings. The molecule has 28 heavy (non-hydrogen) atoms. The number of hydrogen-bond acceptors (Lipinski definition) is 5. The first-order valence-corrected chi connectivity index (χ1v) is 10.1. The van der Waals surface area contributed by atoms with E-state index in [1.165, 1.54) is 0 Å². The summed E-state index contributed by atoms with van der Waals surface area (Å²) < 4.78 is 10.5. The van der Waals surface area contributed by atoms with Crippen LogP contribution in [-0.2, 0) is 11.2 Å². The van der Waals surface area contributed by atoms with Crippen molar-refractivity contribution in [3.05, 3.63) is 17.0 Å². The Morgan fingerprint density at radius 2 is 1.79 bits per heavy atom. The first kappa shape index (κ1) is 22.0. The van der Waals surface area contributed by atoms with Gasteiger partial charge in [0.1, 0.15) is 11.4 Å². The smallest absolute Gasteiger partial charge is 0.407 e. The highest BCUT2D eigenvalue weighted by molar-refractivity contribution is 5.80. The molecule has 158 valence electrons. The van der Waals surface area contributed by atoms with Crippen molar-refractivity contribution in [3.63, 3.8) is 0 Å². The van der Waals surface area contributed by atoms with Gasteiger partial charge in [-0.3, -0.25) is 4.99 Å². The highest BCUT2D eigenvalue weighted by Gasteiger charge is 2.25. The lowest BCUT2D eigenvalue weighted by Gasteiger charge is -2.31. The number of aliphatic imine (C=N–C) groups is 1. The summed E-state index contributed by atoms with van der Waals surface area (Å²) in [6.07, 6.45) is 4.31. The van der Waals surface area contributed by atoms with Gasteiger partial charge in [-0.1, -0.05) is 5.16 Å². The summed E-state index contributed by atoms with van der Waals surface area (Å²) >= 11 is 0. The number of rotatable bonds is 5. The fraction of sp³-hybridized carbons (Fsp3) is 0.750. The van der Waals surface area contributed by atoms with Crippen molar-refractivity contribution in [1.29, 1.82) is 0 Å². The number of guanidine groups is 1. The number of nitrogens with zero attached hydrogens (tertiary/aromatic N) is 2. The Balaban J connectivity index is 1.70. The van der Waals surface area contributed by atoms with E-state index in [-0.39, 0.29) is 12.1 Å². The zero-order chi connectivity index (χ0) is 20.7. The summed E-state index contributed by atoms with van der Waals surface area (Å²) in [5.74, 6) is 1.67. The Morgan fingerprint density at radius 1 is 1.18 bits per heavy atom. The Morgan fingerprint density at radius 3 is 2.29 bits per heavy atom. The summed E-state index contributed by atoms with van der Waals surface area (Å²) in [6, 6.07) is 0.518. The van der Waals surface area contributed by atoms with E-state index in [0.717, 1.165) is 61.6 Å². The van der Waals surface area contributed by atoms with Crippen LogP contribution in [0.3, 0.4) is 0 Å². The van der Waals surface area contributed by atoms with Gasteiger partial charge >= 0.3 is 6.09 Å². The number of aromatic nitrogens is 1. The number of ether oxygens (including phenoxy) is 1. The third kappa shape index (κ3) is 7.05. The second-order valence-corrected chi connectivity index (χ2v) is 8.39. The van der Waals surface area contributed by atoms with Crippen molar-refractivity contribution in [2.45, 2.75) is 84.4 Å².